The molecule has 1 heterocycles. The van der Waals surface area contributed by atoms with Gasteiger partial charge in [0.05, 0.1) is 6.10 Å². The SMILES string of the molecule is CCCNC(C)C1CCCCN1CC(O)CC. The number of nitrogens with one attached hydrogen (secondary N) is 1. The zero-order valence-corrected chi connectivity index (χ0v) is 11.8. The monoisotopic (exact) mass is 242 g/mol. The Morgan fingerprint density at radius 3 is 2.76 bits per heavy atom. The standard InChI is InChI=1S/C14H30N2O/c1-4-9-15-12(3)14-8-6-7-10-16(14)11-13(17)5-2/h12-15,17H,4-11H2,1-3H3. The van der Waals surface area contributed by atoms with Crippen LogP contribution in [0.4, 0.5) is 0 Å². The van der Waals surface area contributed by atoms with Crippen molar-refractivity contribution in [1.29, 1.82) is 0 Å². The van der Waals surface area contributed by atoms with E-state index in [0.717, 1.165) is 26.1 Å². The molecule has 0 aromatic rings. The van der Waals surface area contributed by atoms with Crippen LogP contribution in [0.15, 0.2) is 0 Å². The van der Waals surface area contributed by atoms with Crippen molar-refractivity contribution >= 4 is 0 Å². The first-order valence-corrected chi connectivity index (χ1v) is 7.34. The third-order valence-electron chi connectivity index (χ3n) is 3.87. The maximum atomic E-state index is 9.82. The fraction of sp³-hybridized carbons (Fsp3) is 1.00. The van der Waals surface area contributed by atoms with E-state index in [1.165, 1.54) is 25.7 Å². The normalized spacial score (nSPS) is 25.8. The van der Waals surface area contributed by atoms with Gasteiger partial charge in [-0.1, -0.05) is 20.3 Å². The maximum absolute atomic E-state index is 9.82. The highest BCUT2D eigenvalue weighted by molar-refractivity contribution is 4.85. The van der Waals surface area contributed by atoms with E-state index in [9.17, 15) is 5.11 Å². The Kier molecular flexibility index (Phi) is 7.09. The van der Waals surface area contributed by atoms with E-state index in [2.05, 4.69) is 31.0 Å². The lowest BCUT2D eigenvalue weighted by molar-refractivity contribution is 0.0530. The van der Waals surface area contributed by atoms with Crippen molar-refractivity contribution in [2.45, 2.75) is 71.1 Å². The van der Waals surface area contributed by atoms with Crippen molar-refractivity contribution in [3.63, 3.8) is 0 Å². The summed E-state index contributed by atoms with van der Waals surface area (Å²) in [6, 6.07) is 1.15. The lowest BCUT2D eigenvalue weighted by Gasteiger charge is -2.40. The molecule has 1 rings (SSSR count). The summed E-state index contributed by atoms with van der Waals surface area (Å²) >= 11 is 0. The van der Waals surface area contributed by atoms with Crippen molar-refractivity contribution in [2.75, 3.05) is 19.6 Å². The summed E-state index contributed by atoms with van der Waals surface area (Å²) in [6.45, 7) is 9.65. The molecular formula is C14H30N2O. The molecule has 0 bridgehead atoms. The molecule has 0 saturated carbocycles. The molecule has 1 fully saturated rings. The summed E-state index contributed by atoms with van der Waals surface area (Å²) in [6.07, 6.45) is 5.78. The molecule has 1 aliphatic rings. The molecule has 1 saturated heterocycles. The molecule has 3 heteroatoms. The van der Waals surface area contributed by atoms with E-state index in [4.69, 9.17) is 0 Å². The van der Waals surface area contributed by atoms with Crippen molar-refractivity contribution in [3.05, 3.63) is 0 Å². The highest BCUT2D eigenvalue weighted by Crippen LogP contribution is 2.20. The first kappa shape index (κ1) is 14.9. The lowest BCUT2D eigenvalue weighted by atomic mass is 9.95. The Morgan fingerprint density at radius 1 is 1.35 bits per heavy atom. The third-order valence-corrected chi connectivity index (χ3v) is 3.87. The summed E-state index contributed by atoms with van der Waals surface area (Å²) in [4.78, 5) is 2.49. The van der Waals surface area contributed by atoms with Gasteiger partial charge < -0.3 is 10.4 Å². The van der Waals surface area contributed by atoms with E-state index in [1.54, 1.807) is 0 Å². The number of β-amino-alcohol motifs (C(OH)–C–C–N with tert-alkyl or cyclic N) is 1. The van der Waals surface area contributed by atoms with Crippen LogP contribution in [0.2, 0.25) is 0 Å². The Hall–Kier alpha value is -0.120. The van der Waals surface area contributed by atoms with Crippen LogP contribution in [0.3, 0.4) is 0 Å². The molecule has 0 spiro atoms. The van der Waals surface area contributed by atoms with Gasteiger partial charge in [-0.25, -0.2) is 0 Å². The highest BCUT2D eigenvalue weighted by Gasteiger charge is 2.27. The van der Waals surface area contributed by atoms with Crippen LogP contribution in [0.1, 0.15) is 52.9 Å². The summed E-state index contributed by atoms with van der Waals surface area (Å²) in [5.74, 6) is 0. The molecule has 17 heavy (non-hydrogen) atoms. The van der Waals surface area contributed by atoms with Crippen LogP contribution in [0.25, 0.3) is 0 Å². The molecule has 0 aromatic heterocycles. The fourth-order valence-corrected chi connectivity index (χ4v) is 2.72. The molecule has 3 nitrogen and oxygen atoms in total. The number of likely N-dealkylation sites (tertiary alicyclic amines) is 1. The number of aliphatic hydroxyl groups excluding tert-OH is 1. The van der Waals surface area contributed by atoms with Gasteiger partial charge in [0, 0.05) is 18.6 Å². The average molecular weight is 242 g/mol. The summed E-state index contributed by atoms with van der Waals surface area (Å²) in [7, 11) is 0. The predicted octanol–water partition coefficient (Wildman–Crippen LogP) is 2.00. The molecule has 102 valence electrons. The van der Waals surface area contributed by atoms with Crippen LogP contribution in [0.5, 0.6) is 0 Å². The Balaban J connectivity index is 2.46. The first-order valence-electron chi connectivity index (χ1n) is 7.34. The van der Waals surface area contributed by atoms with Gasteiger partial charge in [0.15, 0.2) is 0 Å². The molecule has 0 radical (unpaired) electrons. The second-order valence-corrected chi connectivity index (χ2v) is 5.36. The van der Waals surface area contributed by atoms with Crippen LogP contribution in [-0.4, -0.2) is 47.8 Å². The van der Waals surface area contributed by atoms with Crippen molar-refractivity contribution in [1.82, 2.24) is 10.2 Å². The second kappa shape index (κ2) is 8.06. The fourth-order valence-electron chi connectivity index (χ4n) is 2.72. The van der Waals surface area contributed by atoms with E-state index in [-0.39, 0.29) is 6.10 Å². The molecular weight excluding hydrogens is 212 g/mol. The highest BCUT2D eigenvalue weighted by atomic mass is 16.3. The van der Waals surface area contributed by atoms with Gasteiger partial charge in [-0.05, 0) is 45.7 Å². The van der Waals surface area contributed by atoms with Crippen LogP contribution in [0, 0.1) is 0 Å². The third kappa shape index (κ3) is 4.94. The van der Waals surface area contributed by atoms with E-state index in [0.29, 0.717) is 12.1 Å². The maximum Gasteiger partial charge on any atom is 0.0664 e. The smallest absolute Gasteiger partial charge is 0.0664 e. The van der Waals surface area contributed by atoms with Crippen LogP contribution < -0.4 is 5.32 Å². The zero-order chi connectivity index (χ0) is 12.7. The van der Waals surface area contributed by atoms with Crippen molar-refractivity contribution in [3.8, 4) is 0 Å². The predicted molar refractivity (Wildman–Crippen MR) is 73.3 cm³/mol. The van der Waals surface area contributed by atoms with Crippen molar-refractivity contribution in [2.24, 2.45) is 0 Å². The van der Waals surface area contributed by atoms with Gasteiger partial charge in [0.25, 0.3) is 0 Å². The molecule has 0 aliphatic carbocycles. The van der Waals surface area contributed by atoms with Gasteiger partial charge in [-0.15, -0.1) is 0 Å². The van der Waals surface area contributed by atoms with E-state index >= 15 is 0 Å². The Bertz CT molecular complexity index is 199. The number of rotatable bonds is 7. The lowest BCUT2D eigenvalue weighted by Crippen LogP contribution is -2.53. The van der Waals surface area contributed by atoms with E-state index in [1.807, 2.05) is 0 Å². The number of aliphatic hydroxyl groups is 1. The van der Waals surface area contributed by atoms with Crippen molar-refractivity contribution < 1.29 is 5.11 Å². The number of hydrogen-bond donors (Lipinski definition) is 2. The quantitative estimate of drug-likeness (QED) is 0.717. The minimum Gasteiger partial charge on any atom is -0.392 e. The Morgan fingerprint density at radius 2 is 2.12 bits per heavy atom. The molecule has 3 atom stereocenters. The first-order chi connectivity index (χ1) is 8.19. The Labute approximate surface area is 107 Å². The second-order valence-electron chi connectivity index (χ2n) is 5.36. The molecule has 0 amide bonds. The largest absolute Gasteiger partial charge is 0.392 e. The number of piperidine rings is 1. The summed E-state index contributed by atoms with van der Waals surface area (Å²) in [5.41, 5.74) is 0. The topological polar surface area (TPSA) is 35.5 Å². The summed E-state index contributed by atoms with van der Waals surface area (Å²) in [5, 5.41) is 13.4. The minimum atomic E-state index is -0.158. The molecule has 1 aliphatic heterocycles. The summed E-state index contributed by atoms with van der Waals surface area (Å²) < 4.78 is 0. The van der Waals surface area contributed by atoms with Gasteiger partial charge in [-0.3, -0.25) is 4.90 Å². The number of nitrogens with zero attached hydrogens (tertiary/aromatic N) is 1. The molecule has 0 aromatic carbocycles. The minimum absolute atomic E-state index is 0.158. The van der Waals surface area contributed by atoms with Gasteiger partial charge in [0.1, 0.15) is 0 Å². The number of hydrogen-bond acceptors (Lipinski definition) is 3. The van der Waals surface area contributed by atoms with E-state index < -0.39 is 0 Å². The molecule has 3 unspecified atom stereocenters. The van der Waals surface area contributed by atoms with Crippen LogP contribution in [-0.2, 0) is 0 Å². The molecule has 2 N–H and O–H groups in total. The average Bonchev–Trinajstić information content (AvgIpc) is 2.36. The van der Waals surface area contributed by atoms with Gasteiger partial charge in [0.2, 0.25) is 0 Å². The zero-order valence-electron chi connectivity index (χ0n) is 11.8. The van der Waals surface area contributed by atoms with Crippen LogP contribution >= 0.6 is 0 Å². The van der Waals surface area contributed by atoms with Gasteiger partial charge in [-0.2, -0.15) is 0 Å². The van der Waals surface area contributed by atoms with Gasteiger partial charge >= 0.3 is 0 Å².